The van der Waals surface area contributed by atoms with Gasteiger partial charge in [0.15, 0.2) is 0 Å². The van der Waals surface area contributed by atoms with Crippen molar-refractivity contribution in [2.24, 2.45) is 11.8 Å². The molecule has 1 aliphatic carbocycles. The quantitative estimate of drug-likeness (QED) is 0.400. The van der Waals surface area contributed by atoms with Gasteiger partial charge >= 0.3 is 11.9 Å². The summed E-state index contributed by atoms with van der Waals surface area (Å²) in [6.07, 6.45) is 2.77. The lowest BCUT2D eigenvalue weighted by Gasteiger charge is -2.39. The summed E-state index contributed by atoms with van der Waals surface area (Å²) in [4.78, 5) is 44.9. The van der Waals surface area contributed by atoms with Crippen LogP contribution >= 0.6 is 0 Å². The Morgan fingerprint density at radius 1 is 1.17 bits per heavy atom. The Morgan fingerprint density at radius 3 is 2.12 bits per heavy atom. The highest BCUT2D eigenvalue weighted by Gasteiger charge is 2.50. The smallest absolute Gasteiger partial charge is 0.329 e. The minimum absolute atomic E-state index is 0.0308. The molecule has 0 aromatic heterocycles. The summed E-state index contributed by atoms with van der Waals surface area (Å²) in [5.41, 5.74) is -2.00. The highest BCUT2D eigenvalue weighted by molar-refractivity contribution is 5.98. The maximum absolute atomic E-state index is 12.3. The molecule has 9 heteroatoms. The van der Waals surface area contributed by atoms with E-state index in [0.717, 1.165) is 12.1 Å². The second kappa shape index (κ2) is 6.11. The fourth-order valence-electron chi connectivity index (χ4n) is 2.44. The number of nitro benzene ring substituents is 1. The Morgan fingerprint density at radius 2 is 1.75 bits per heavy atom. The molecule has 1 aliphatic rings. The van der Waals surface area contributed by atoms with Gasteiger partial charge in [-0.05, 0) is 19.1 Å². The van der Waals surface area contributed by atoms with Crippen LogP contribution in [0.5, 0.6) is 0 Å². The van der Waals surface area contributed by atoms with Crippen molar-refractivity contribution in [3.63, 3.8) is 0 Å². The Bertz CT molecular complexity index is 741. The van der Waals surface area contributed by atoms with Crippen LogP contribution in [0.3, 0.4) is 0 Å². The van der Waals surface area contributed by atoms with Crippen LogP contribution in [0.2, 0.25) is 0 Å². The molecular formula is C15H14N2O7. The molecule has 0 saturated heterocycles. The number of carbonyl (C=O) groups is 3. The molecular weight excluding hydrogens is 320 g/mol. The van der Waals surface area contributed by atoms with Crippen LogP contribution in [0.15, 0.2) is 36.4 Å². The Labute approximate surface area is 135 Å². The number of hydrogen-bond acceptors (Lipinski definition) is 5. The minimum Gasteiger partial charge on any atom is -0.481 e. The third kappa shape index (κ3) is 2.96. The molecule has 0 spiro atoms. The average molecular weight is 334 g/mol. The van der Waals surface area contributed by atoms with Gasteiger partial charge in [-0.25, -0.2) is 4.79 Å². The Hall–Kier alpha value is -3.23. The molecule has 126 valence electrons. The maximum Gasteiger partial charge on any atom is 0.329 e. The molecule has 24 heavy (non-hydrogen) atoms. The van der Waals surface area contributed by atoms with Crippen molar-refractivity contribution < 1.29 is 29.5 Å². The van der Waals surface area contributed by atoms with Crippen molar-refractivity contribution in [3.05, 3.63) is 52.1 Å². The summed E-state index contributed by atoms with van der Waals surface area (Å²) in [5, 5.41) is 31.4. The van der Waals surface area contributed by atoms with Crippen molar-refractivity contribution in [2.75, 3.05) is 0 Å². The van der Waals surface area contributed by atoms with Gasteiger partial charge in [0.2, 0.25) is 0 Å². The van der Waals surface area contributed by atoms with Crippen LogP contribution in [0.4, 0.5) is 5.69 Å². The summed E-state index contributed by atoms with van der Waals surface area (Å²) >= 11 is 0. The van der Waals surface area contributed by atoms with E-state index in [1.807, 2.05) is 0 Å². The number of non-ortho nitro benzene ring substituents is 1. The first-order chi connectivity index (χ1) is 11.2. The van der Waals surface area contributed by atoms with Crippen LogP contribution in [0.1, 0.15) is 17.3 Å². The van der Waals surface area contributed by atoms with Crippen molar-refractivity contribution in [1.82, 2.24) is 5.32 Å². The summed E-state index contributed by atoms with van der Waals surface area (Å²) < 4.78 is 0. The third-order valence-electron chi connectivity index (χ3n) is 4.02. The predicted octanol–water partition coefficient (Wildman–Crippen LogP) is 1.05. The van der Waals surface area contributed by atoms with Crippen molar-refractivity contribution in [3.8, 4) is 0 Å². The number of carboxylic acid groups (broad SMARTS) is 2. The number of nitrogens with one attached hydrogen (secondary N) is 1. The number of nitrogens with zero attached hydrogens (tertiary/aromatic N) is 1. The van der Waals surface area contributed by atoms with E-state index in [9.17, 15) is 29.6 Å². The van der Waals surface area contributed by atoms with Gasteiger partial charge in [0.25, 0.3) is 11.6 Å². The maximum atomic E-state index is 12.3. The minimum atomic E-state index is -1.82. The lowest BCUT2D eigenvalue weighted by molar-refractivity contribution is -0.384. The molecule has 1 unspecified atom stereocenters. The molecule has 0 bridgehead atoms. The van der Waals surface area contributed by atoms with Crippen LogP contribution in [0.25, 0.3) is 0 Å². The molecule has 2 rings (SSSR count). The first kappa shape index (κ1) is 17.1. The summed E-state index contributed by atoms with van der Waals surface area (Å²) in [6, 6.07) is 4.63. The van der Waals surface area contributed by atoms with Gasteiger partial charge in [-0.2, -0.15) is 0 Å². The number of nitro groups is 1. The van der Waals surface area contributed by atoms with Crippen LogP contribution < -0.4 is 5.32 Å². The van der Waals surface area contributed by atoms with Crippen molar-refractivity contribution in [1.29, 1.82) is 0 Å². The molecule has 9 nitrogen and oxygen atoms in total. The first-order valence-corrected chi connectivity index (χ1v) is 6.88. The molecule has 1 aromatic carbocycles. The van der Waals surface area contributed by atoms with Gasteiger partial charge < -0.3 is 15.5 Å². The van der Waals surface area contributed by atoms with Crippen LogP contribution in [0, 0.1) is 22.0 Å². The van der Waals surface area contributed by atoms with E-state index < -0.39 is 40.1 Å². The largest absolute Gasteiger partial charge is 0.481 e. The number of amides is 1. The summed E-state index contributed by atoms with van der Waals surface area (Å²) in [6.45, 7) is 1.22. The molecule has 3 atom stereocenters. The second-order valence-electron chi connectivity index (χ2n) is 5.54. The van der Waals surface area contributed by atoms with Gasteiger partial charge in [-0.15, -0.1) is 0 Å². The van der Waals surface area contributed by atoms with Crippen LogP contribution in [-0.4, -0.2) is 38.5 Å². The lowest BCUT2D eigenvalue weighted by Crippen LogP contribution is -2.60. The molecule has 0 saturated carbocycles. The van der Waals surface area contributed by atoms with Crippen molar-refractivity contribution in [2.45, 2.75) is 12.5 Å². The number of carboxylic acids is 2. The molecule has 0 radical (unpaired) electrons. The lowest BCUT2D eigenvalue weighted by atomic mass is 9.69. The number of aliphatic carboxylic acids is 2. The van der Waals surface area contributed by atoms with E-state index in [-0.39, 0.29) is 11.3 Å². The number of rotatable bonds is 6. The van der Waals surface area contributed by atoms with E-state index in [1.54, 1.807) is 0 Å². The normalized spacial score (nSPS) is 21.2. The summed E-state index contributed by atoms with van der Waals surface area (Å²) in [5.74, 6) is -5.24. The SMILES string of the molecule is CC(NC(=O)c1ccc([N+](=O)[O-])cc1)(C(=O)O)[C@@H]1C=C[C@H]1C(=O)O. The van der Waals surface area contributed by atoms with E-state index in [2.05, 4.69) is 5.32 Å². The third-order valence-corrected chi connectivity index (χ3v) is 4.02. The Balaban J connectivity index is 2.23. The van der Waals surface area contributed by atoms with Gasteiger partial charge in [-0.3, -0.25) is 19.7 Å². The average Bonchev–Trinajstić information content (AvgIpc) is 2.45. The standard InChI is InChI=1S/C15H14N2O7/c1-15(14(21)22,11-7-6-10(11)13(19)20)16-12(18)8-2-4-9(5-3-8)17(23)24/h2-7,10-11H,1H3,(H,16,18)(H,19,20)(H,21,22)/t10-,11-,15?/m1/s1. The molecule has 1 aromatic rings. The predicted molar refractivity (Wildman–Crippen MR) is 80.4 cm³/mol. The van der Waals surface area contributed by atoms with Gasteiger partial charge in [-0.1, -0.05) is 12.2 Å². The zero-order chi connectivity index (χ0) is 18.1. The van der Waals surface area contributed by atoms with Crippen molar-refractivity contribution >= 4 is 23.5 Å². The first-order valence-electron chi connectivity index (χ1n) is 6.88. The highest BCUT2D eigenvalue weighted by atomic mass is 16.6. The van der Waals surface area contributed by atoms with Gasteiger partial charge in [0, 0.05) is 23.6 Å². The number of carbonyl (C=O) groups excluding carboxylic acids is 1. The molecule has 0 heterocycles. The molecule has 1 amide bonds. The molecule has 3 N–H and O–H groups in total. The van der Waals surface area contributed by atoms with E-state index in [0.29, 0.717) is 0 Å². The van der Waals surface area contributed by atoms with E-state index >= 15 is 0 Å². The molecule has 0 fully saturated rings. The van der Waals surface area contributed by atoms with E-state index in [1.165, 1.54) is 31.2 Å². The van der Waals surface area contributed by atoms with E-state index in [4.69, 9.17) is 5.11 Å². The fraction of sp³-hybridized carbons (Fsp3) is 0.267. The highest BCUT2D eigenvalue weighted by Crippen LogP contribution is 2.35. The zero-order valence-corrected chi connectivity index (χ0v) is 12.5. The van der Waals surface area contributed by atoms with Gasteiger partial charge in [0.05, 0.1) is 10.8 Å². The van der Waals surface area contributed by atoms with Gasteiger partial charge in [0.1, 0.15) is 5.54 Å². The van der Waals surface area contributed by atoms with Crippen LogP contribution in [-0.2, 0) is 9.59 Å². The second-order valence-corrected chi connectivity index (χ2v) is 5.54. The monoisotopic (exact) mass is 334 g/mol. The zero-order valence-electron chi connectivity index (χ0n) is 12.5. The molecule has 0 aliphatic heterocycles. The topological polar surface area (TPSA) is 147 Å². The Kier molecular flexibility index (Phi) is 4.36. The fourth-order valence-corrected chi connectivity index (χ4v) is 2.44. The number of hydrogen-bond donors (Lipinski definition) is 3. The summed E-state index contributed by atoms with van der Waals surface area (Å²) in [7, 11) is 0. The number of benzene rings is 1.